The Bertz CT molecular complexity index is 1790. The summed E-state index contributed by atoms with van der Waals surface area (Å²) >= 11 is 6.21. The van der Waals surface area contributed by atoms with Crippen LogP contribution in [0, 0.1) is 5.92 Å². The molecule has 4 aromatic rings. The fraction of sp³-hybridized carbons (Fsp3) is 0.267. The summed E-state index contributed by atoms with van der Waals surface area (Å²) in [6.07, 6.45) is 4.53. The van der Waals surface area contributed by atoms with Gasteiger partial charge in [0.1, 0.15) is 6.33 Å². The van der Waals surface area contributed by atoms with Crippen molar-refractivity contribution in [3.8, 4) is 16.8 Å². The number of likely N-dealkylation sites (tertiary alicyclic amines) is 1. The van der Waals surface area contributed by atoms with Gasteiger partial charge >= 0.3 is 12.2 Å². The maximum absolute atomic E-state index is 13.3. The molecule has 2 atom stereocenters. The summed E-state index contributed by atoms with van der Waals surface area (Å²) < 4.78 is 6.05. The van der Waals surface area contributed by atoms with Crippen LogP contribution in [-0.2, 0) is 9.53 Å². The first kappa shape index (κ1) is 31.8. The summed E-state index contributed by atoms with van der Waals surface area (Å²) in [5.41, 5.74) is 2.45. The third-order valence-corrected chi connectivity index (χ3v) is 7.72. The summed E-state index contributed by atoms with van der Waals surface area (Å²) in [4.78, 5) is 50.8. The van der Waals surface area contributed by atoms with Crippen molar-refractivity contribution in [2.24, 2.45) is 5.92 Å². The molecule has 1 aliphatic heterocycles. The van der Waals surface area contributed by atoms with E-state index in [1.807, 2.05) is 0 Å². The van der Waals surface area contributed by atoms with Gasteiger partial charge in [0.15, 0.2) is 0 Å². The molecule has 2 aromatic carbocycles. The third kappa shape index (κ3) is 7.92. The molecule has 4 N–H and O–H groups in total. The molecule has 2 aromatic heterocycles. The first-order valence-electron chi connectivity index (χ1n) is 14.2. The van der Waals surface area contributed by atoms with Crippen LogP contribution in [0.25, 0.3) is 22.9 Å². The van der Waals surface area contributed by atoms with Crippen LogP contribution < -0.4 is 16.2 Å². The van der Waals surface area contributed by atoms with E-state index in [-0.39, 0.29) is 5.92 Å². The summed E-state index contributed by atoms with van der Waals surface area (Å²) in [6, 6.07) is 12.6. The van der Waals surface area contributed by atoms with E-state index in [1.54, 1.807) is 54.6 Å². The van der Waals surface area contributed by atoms with Crippen molar-refractivity contribution in [1.29, 1.82) is 0 Å². The molecule has 5 rings (SSSR count). The highest BCUT2D eigenvalue weighted by molar-refractivity contribution is 6.30. The number of amides is 3. The van der Waals surface area contributed by atoms with Crippen LogP contribution in [0.1, 0.15) is 36.6 Å². The zero-order valence-corrected chi connectivity index (χ0v) is 25.3. The Morgan fingerprint density at radius 2 is 2.00 bits per heavy atom. The first-order chi connectivity index (χ1) is 22.2. The molecule has 3 heterocycles. The van der Waals surface area contributed by atoms with Gasteiger partial charge in [0.2, 0.25) is 5.91 Å². The van der Waals surface area contributed by atoms with E-state index in [9.17, 15) is 24.3 Å². The second-order valence-electron chi connectivity index (χ2n) is 10.6. The van der Waals surface area contributed by atoms with Gasteiger partial charge in [-0.3, -0.25) is 14.9 Å². The molecule has 0 saturated carbocycles. The number of nitrogens with one attached hydrogen (secondary N) is 3. The Morgan fingerprint density at radius 1 is 1.20 bits per heavy atom. The number of hydrogen-bond donors (Lipinski definition) is 4. The van der Waals surface area contributed by atoms with Crippen LogP contribution in [0.2, 0.25) is 5.02 Å². The zero-order valence-electron chi connectivity index (χ0n) is 24.6. The van der Waals surface area contributed by atoms with Crippen molar-refractivity contribution in [3.63, 3.8) is 0 Å². The van der Waals surface area contributed by atoms with Gasteiger partial charge in [-0.05, 0) is 83.6 Å². The number of aromatic nitrogens is 6. The van der Waals surface area contributed by atoms with E-state index < -0.39 is 29.7 Å². The number of anilines is 1. The van der Waals surface area contributed by atoms with E-state index in [0.29, 0.717) is 64.7 Å². The molecule has 0 bridgehead atoms. The summed E-state index contributed by atoms with van der Waals surface area (Å²) in [6.45, 7) is 0.747. The molecule has 0 radical (unpaired) electrons. The standard InChI is InChI=1S/C30H30ClN9O6/c1-46-29(43)33-22-8-4-19(5-9-22)23-15-25(35-36-28(23)42)24(13-18-3-2-12-39(16-18)30(44)45)34-27(41)11-6-20-14-21(31)7-10-26(20)40-17-32-37-38-40/h4-11,14-15,17-18,24H,2-3,12-13,16H2,1H3,(H,33,43)(H,34,41)(H,36,42)(H,44,45)/b11-6+/t18?,24-/m0/s1. The number of carbonyl (C=O) groups is 3. The molecule has 3 amide bonds. The molecule has 16 heteroatoms. The van der Waals surface area contributed by atoms with Gasteiger partial charge in [-0.1, -0.05) is 23.7 Å². The minimum absolute atomic E-state index is 0.0701. The van der Waals surface area contributed by atoms with Crippen molar-refractivity contribution in [2.45, 2.75) is 25.3 Å². The summed E-state index contributed by atoms with van der Waals surface area (Å²) in [5, 5.41) is 33.6. The summed E-state index contributed by atoms with van der Waals surface area (Å²) in [5.74, 6) is -0.523. The quantitative estimate of drug-likeness (QED) is 0.193. The number of methoxy groups -OCH3 is 1. The number of tetrazole rings is 1. The SMILES string of the molecule is COC(=O)Nc1ccc(-c2cc([C@H](CC3CCCN(C(=O)O)C3)NC(=O)/C=C/c3cc(Cl)ccc3-n3cnnn3)n[nH]c2=O)cc1. The Kier molecular flexibility index (Phi) is 10.0. The number of halogens is 1. The minimum Gasteiger partial charge on any atom is -0.465 e. The van der Waals surface area contributed by atoms with Crippen LogP contribution in [0.4, 0.5) is 15.3 Å². The second-order valence-corrected chi connectivity index (χ2v) is 11.0. The maximum atomic E-state index is 13.3. The highest BCUT2D eigenvalue weighted by Crippen LogP contribution is 2.29. The van der Waals surface area contributed by atoms with Gasteiger partial charge in [0.25, 0.3) is 5.56 Å². The van der Waals surface area contributed by atoms with Crippen molar-refractivity contribution in [2.75, 3.05) is 25.5 Å². The lowest BCUT2D eigenvalue weighted by Crippen LogP contribution is -2.40. The molecule has 0 spiro atoms. The first-order valence-corrected chi connectivity index (χ1v) is 14.6. The van der Waals surface area contributed by atoms with Crippen LogP contribution >= 0.6 is 11.6 Å². The van der Waals surface area contributed by atoms with Crippen LogP contribution in [0.15, 0.2) is 65.7 Å². The molecule has 1 fully saturated rings. The topological polar surface area (TPSA) is 197 Å². The minimum atomic E-state index is -0.997. The monoisotopic (exact) mass is 647 g/mol. The lowest BCUT2D eigenvalue weighted by molar-refractivity contribution is -0.117. The van der Waals surface area contributed by atoms with Gasteiger partial charge in [-0.15, -0.1) is 5.10 Å². The average molecular weight is 648 g/mol. The Morgan fingerprint density at radius 3 is 2.72 bits per heavy atom. The van der Waals surface area contributed by atoms with Gasteiger partial charge < -0.3 is 20.1 Å². The predicted octanol–water partition coefficient (Wildman–Crippen LogP) is 3.90. The van der Waals surface area contributed by atoms with Crippen molar-refractivity contribution < 1.29 is 24.2 Å². The normalized spacial score (nSPS) is 15.3. The maximum Gasteiger partial charge on any atom is 0.411 e. The molecule has 1 aliphatic rings. The van der Waals surface area contributed by atoms with Gasteiger partial charge in [-0.2, -0.15) is 9.78 Å². The number of carbonyl (C=O) groups excluding carboxylic acids is 2. The molecule has 15 nitrogen and oxygen atoms in total. The number of piperidine rings is 1. The molecule has 0 aliphatic carbocycles. The Hall–Kier alpha value is -5.57. The Labute approximate surface area is 267 Å². The van der Waals surface area contributed by atoms with E-state index in [2.05, 4.69) is 41.1 Å². The zero-order chi connectivity index (χ0) is 32.6. The summed E-state index contributed by atoms with van der Waals surface area (Å²) in [7, 11) is 1.25. The van der Waals surface area contributed by atoms with Crippen molar-refractivity contribution in [3.05, 3.63) is 87.6 Å². The van der Waals surface area contributed by atoms with Gasteiger partial charge in [0.05, 0.1) is 30.1 Å². The van der Waals surface area contributed by atoms with Crippen LogP contribution in [-0.4, -0.2) is 78.7 Å². The highest BCUT2D eigenvalue weighted by Gasteiger charge is 2.28. The number of benzene rings is 2. The van der Waals surface area contributed by atoms with E-state index in [0.717, 1.165) is 6.42 Å². The number of aromatic amines is 1. The predicted molar refractivity (Wildman–Crippen MR) is 167 cm³/mol. The molecular formula is C30H30ClN9O6. The number of carboxylic acid groups (broad SMARTS) is 1. The second kappa shape index (κ2) is 14.5. The molecule has 238 valence electrons. The van der Waals surface area contributed by atoms with Gasteiger partial charge in [-0.25, -0.2) is 14.7 Å². The lowest BCUT2D eigenvalue weighted by Gasteiger charge is -2.32. The van der Waals surface area contributed by atoms with Crippen molar-refractivity contribution in [1.82, 2.24) is 40.6 Å². The third-order valence-electron chi connectivity index (χ3n) is 7.48. The fourth-order valence-corrected chi connectivity index (χ4v) is 5.44. The van der Waals surface area contributed by atoms with E-state index in [1.165, 1.54) is 29.1 Å². The van der Waals surface area contributed by atoms with Crippen molar-refractivity contribution >= 4 is 41.5 Å². The number of hydrogen-bond acceptors (Lipinski definition) is 9. The molecule has 46 heavy (non-hydrogen) atoms. The molecule has 1 unspecified atom stereocenters. The fourth-order valence-electron chi connectivity index (χ4n) is 5.26. The highest BCUT2D eigenvalue weighted by atomic mass is 35.5. The van der Waals surface area contributed by atoms with Crippen LogP contribution in [0.5, 0.6) is 0 Å². The van der Waals surface area contributed by atoms with Crippen LogP contribution in [0.3, 0.4) is 0 Å². The Balaban J connectivity index is 1.42. The molecule has 1 saturated heterocycles. The van der Waals surface area contributed by atoms with E-state index in [4.69, 9.17) is 11.6 Å². The van der Waals surface area contributed by atoms with E-state index >= 15 is 0 Å². The lowest BCUT2D eigenvalue weighted by atomic mass is 9.89. The number of rotatable bonds is 9. The largest absolute Gasteiger partial charge is 0.465 e. The average Bonchev–Trinajstić information content (AvgIpc) is 3.59. The molecular weight excluding hydrogens is 618 g/mol. The smallest absolute Gasteiger partial charge is 0.411 e. The number of nitrogens with zero attached hydrogens (tertiary/aromatic N) is 6. The van der Waals surface area contributed by atoms with Gasteiger partial charge in [0, 0.05) is 35.4 Å². The number of ether oxygens (including phenoxy) is 1. The number of H-pyrrole nitrogens is 1.